The molecule has 1 heterocycles. The second kappa shape index (κ2) is 5.44. The van der Waals surface area contributed by atoms with Crippen LogP contribution in [-0.4, -0.2) is 25.6 Å². The topological polar surface area (TPSA) is 103 Å². The molecule has 0 aliphatic carbocycles. The molecule has 2 rings (SSSR count). The summed E-state index contributed by atoms with van der Waals surface area (Å²) in [4.78, 5) is 24.7. The highest BCUT2D eigenvalue weighted by Gasteiger charge is 2.15. The number of nitrogens with one attached hydrogen (secondary N) is 1. The number of hydrogen-bond donors (Lipinski definition) is 1. The number of rotatable bonds is 4. The Kier molecular flexibility index (Phi) is 3.71. The lowest BCUT2D eigenvalue weighted by atomic mass is 10.3. The molecule has 0 saturated heterocycles. The van der Waals surface area contributed by atoms with Crippen molar-refractivity contribution in [3.63, 3.8) is 0 Å². The van der Waals surface area contributed by atoms with Gasteiger partial charge in [-0.3, -0.25) is 4.79 Å². The molecule has 1 amide bonds. The van der Waals surface area contributed by atoms with Gasteiger partial charge in [-0.15, -0.1) is 0 Å². The van der Waals surface area contributed by atoms with Gasteiger partial charge in [0.2, 0.25) is 12.2 Å². The van der Waals surface area contributed by atoms with Gasteiger partial charge in [0.15, 0.2) is 0 Å². The highest BCUT2D eigenvalue weighted by Crippen LogP contribution is 2.13. The van der Waals surface area contributed by atoms with Crippen LogP contribution in [0.1, 0.15) is 0 Å². The monoisotopic (exact) mass is 281 g/mol. The minimum Gasteiger partial charge on any atom is -0.390 e. The summed E-state index contributed by atoms with van der Waals surface area (Å²) in [5, 5.41) is 17.1. The van der Waals surface area contributed by atoms with Gasteiger partial charge in [-0.1, -0.05) is 16.6 Å². The van der Waals surface area contributed by atoms with E-state index in [4.69, 9.17) is 11.6 Å². The van der Waals surface area contributed by atoms with Gasteiger partial charge in [0, 0.05) is 15.8 Å². The van der Waals surface area contributed by atoms with Crippen LogP contribution >= 0.6 is 11.6 Å². The molecule has 1 aromatic carbocycles. The number of hydrogen-bond acceptors (Lipinski definition) is 5. The maximum Gasteiger partial charge on any atom is 0.490 e. The zero-order valence-corrected chi connectivity index (χ0v) is 10.2. The van der Waals surface area contributed by atoms with E-state index in [9.17, 15) is 14.9 Å². The van der Waals surface area contributed by atoms with Crippen molar-refractivity contribution in [2.45, 2.75) is 6.54 Å². The number of benzene rings is 1. The fourth-order valence-corrected chi connectivity index (χ4v) is 1.45. The van der Waals surface area contributed by atoms with Crippen LogP contribution in [0.5, 0.6) is 0 Å². The number of carbonyl (C=O) groups excluding carboxylic acids is 1. The molecule has 8 nitrogen and oxygen atoms in total. The third-order valence-electron chi connectivity index (χ3n) is 2.12. The summed E-state index contributed by atoms with van der Waals surface area (Å²) in [5.74, 6) is -0.915. The van der Waals surface area contributed by atoms with Crippen molar-refractivity contribution in [2.75, 3.05) is 5.32 Å². The number of carbonyl (C=O) groups is 1. The van der Waals surface area contributed by atoms with Crippen LogP contribution in [0.15, 0.2) is 30.6 Å². The van der Waals surface area contributed by atoms with E-state index in [0.717, 1.165) is 11.0 Å². The number of halogens is 1. The van der Waals surface area contributed by atoms with Gasteiger partial charge in [-0.05, 0) is 29.2 Å². The predicted molar refractivity (Wildman–Crippen MR) is 66.8 cm³/mol. The number of anilines is 1. The molecule has 1 N–H and O–H groups in total. The number of amides is 1. The molecule has 0 radical (unpaired) electrons. The van der Waals surface area contributed by atoms with Gasteiger partial charge >= 0.3 is 5.95 Å². The van der Waals surface area contributed by atoms with E-state index in [-0.39, 0.29) is 12.5 Å². The van der Waals surface area contributed by atoms with Crippen LogP contribution in [0.25, 0.3) is 0 Å². The first-order valence-corrected chi connectivity index (χ1v) is 5.51. The fraction of sp³-hybridized carbons (Fsp3) is 0.100. The Bertz CT molecular complexity index is 610. The first-order valence-electron chi connectivity index (χ1n) is 5.14. The Morgan fingerprint density at radius 1 is 1.42 bits per heavy atom. The van der Waals surface area contributed by atoms with Crippen LogP contribution in [0.4, 0.5) is 11.6 Å². The van der Waals surface area contributed by atoms with Crippen LogP contribution in [0, 0.1) is 10.1 Å². The molecule has 98 valence electrons. The molecule has 0 saturated carbocycles. The third-order valence-corrected chi connectivity index (χ3v) is 2.37. The van der Waals surface area contributed by atoms with Gasteiger partial charge < -0.3 is 15.4 Å². The number of nitro groups is 1. The normalized spacial score (nSPS) is 10.2. The molecule has 0 unspecified atom stereocenters. The molecule has 0 fully saturated rings. The van der Waals surface area contributed by atoms with Crippen LogP contribution in [-0.2, 0) is 11.3 Å². The Balaban J connectivity index is 1.97. The summed E-state index contributed by atoms with van der Waals surface area (Å²) in [6.45, 7) is -0.163. The summed E-state index contributed by atoms with van der Waals surface area (Å²) < 4.78 is 1.09. The lowest BCUT2D eigenvalue weighted by molar-refractivity contribution is -0.394. The van der Waals surface area contributed by atoms with Crippen LogP contribution < -0.4 is 5.32 Å². The average molecular weight is 282 g/mol. The summed E-state index contributed by atoms with van der Waals surface area (Å²) in [6.07, 6.45) is 1.12. The van der Waals surface area contributed by atoms with Gasteiger partial charge in [0.25, 0.3) is 0 Å². The van der Waals surface area contributed by atoms with E-state index in [1.54, 1.807) is 24.3 Å². The van der Waals surface area contributed by atoms with Crippen LogP contribution in [0.3, 0.4) is 0 Å². The van der Waals surface area contributed by atoms with Crippen molar-refractivity contribution < 1.29 is 9.72 Å². The summed E-state index contributed by atoms with van der Waals surface area (Å²) in [5.41, 5.74) is 0.573. The second-order valence-corrected chi connectivity index (χ2v) is 3.99. The first kappa shape index (κ1) is 13.0. The van der Waals surface area contributed by atoms with Gasteiger partial charge in [0.05, 0.1) is 0 Å². The van der Waals surface area contributed by atoms with Crippen molar-refractivity contribution in [3.8, 4) is 0 Å². The summed E-state index contributed by atoms with van der Waals surface area (Å²) >= 11 is 5.71. The van der Waals surface area contributed by atoms with Crippen molar-refractivity contribution in [1.82, 2.24) is 14.8 Å². The molecule has 0 atom stereocenters. The van der Waals surface area contributed by atoms with E-state index < -0.39 is 10.9 Å². The van der Waals surface area contributed by atoms with Gasteiger partial charge in [0.1, 0.15) is 6.54 Å². The maximum absolute atomic E-state index is 11.6. The lowest BCUT2D eigenvalue weighted by Gasteiger charge is -2.03. The lowest BCUT2D eigenvalue weighted by Crippen LogP contribution is -2.19. The zero-order valence-electron chi connectivity index (χ0n) is 9.49. The molecular formula is C10H8ClN5O3. The molecule has 9 heteroatoms. The van der Waals surface area contributed by atoms with Gasteiger partial charge in [-0.25, -0.2) is 0 Å². The van der Waals surface area contributed by atoms with Crippen molar-refractivity contribution >= 4 is 29.1 Å². The Hall–Kier alpha value is -2.48. The summed E-state index contributed by atoms with van der Waals surface area (Å²) in [6, 6.07) is 6.56. The maximum atomic E-state index is 11.6. The molecule has 0 bridgehead atoms. The first-order chi connectivity index (χ1) is 9.04. The highest BCUT2D eigenvalue weighted by atomic mass is 35.5. The fourth-order valence-electron chi connectivity index (χ4n) is 1.33. The SMILES string of the molecule is O=C(Cn1cnc([N+](=O)[O-])n1)Nc1ccc(Cl)cc1. The number of aromatic nitrogens is 3. The predicted octanol–water partition coefficient (Wildman–Crippen LogP) is 1.48. The summed E-state index contributed by atoms with van der Waals surface area (Å²) in [7, 11) is 0. The molecule has 0 aliphatic rings. The molecular weight excluding hydrogens is 274 g/mol. The molecule has 19 heavy (non-hydrogen) atoms. The quantitative estimate of drug-likeness (QED) is 0.675. The molecule has 0 aliphatic heterocycles. The molecule has 1 aromatic heterocycles. The highest BCUT2D eigenvalue weighted by molar-refractivity contribution is 6.30. The largest absolute Gasteiger partial charge is 0.490 e. The Morgan fingerprint density at radius 3 is 2.68 bits per heavy atom. The Morgan fingerprint density at radius 2 is 2.11 bits per heavy atom. The van der Waals surface area contributed by atoms with E-state index in [0.29, 0.717) is 10.7 Å². The zero-order chi connectivity index (χ0) is 13.8. The van der Waals surface area contributed by atoms with Crippen molar-refractivity contribution in [1.29, 1.82) is 0 Å². The Labute approximate surface area is 112 Å². The van der Waals surface area contributed by atoms with Crippen LogP contribution in [0.2, 0.25) is 5.02 Å². The third kappa shape index (κ3) is 3.49. The van der Waals surface area contributed by atoms with Gasteiger partial charge in [-0.2, -0.15) is 4.68 Å². The second-order valence-electron chi connectivity index (χ2n) is 3.55. The average Bonchev–Trinajstić information content (AvgIpc) is 2.80. The minimum atomic E-state index is -0.729. The smallest absolute Gasteiger partial charge is 0.390 e. The molecule has 2 aromatic rings. The number of nitrogens with zero attached hydrogens (tertiary/aromatic N) is 4. The van der Waals surface area contributed by atoms with E-state index in [1.165, 1.54) is 0 Å². The molecule has 0 spiro atoms. The van der Waals surface area contributed by atoms with E-state index in [1.807, 2.05) is 0 Å². The minimum absolute atomic E-state index is 0.163. The van der Waals surface area contributed by atoms with Crippen molar-refractivity contribution in [2.24, 2.45) is 0 Å². The van der Waals surface area contributed by atoms with E-state index >= 15 is 0 Å². The van der Waals surface area contributed by atoms with Crippen molar-refractivity contribution in [3.05, 3.63) is 45.7 Å². The standard InChI is InChI=1S/C10H8ClN5O3/c11-7-1-3-8(4-2-7)13-9(17)5-15-6-12-10(14-15)16(18)19/h1-4,6H,5H2,(H,13,17). The van der Waals surface area contributed by atoms with E-state index in [2.05, 4.69) is 15.4 Å².